The second-order valence-electron chi connectivity index (χ2n) is 7.23. The first kappa shape index (κ1) is 26.5. The van der Waals surface area contributed by atoms with Crippen LogP contribution in [-0.4, -0.2) is 38.2 Å². The lowest BCUT2D eigenvalue weighted by Crippen LogP contribution is -2.40. The molecule has 0 saturated carbocycles. The zero-order valence-corrected chi connectivity index (χ0v) is 20.7. The highest BCUT2D eigenvalue weighted by Gasteiger charge is 2.07. The van der Waals surface area contributed by atoms with Gasteiger partial charge in [0.15, 0.2) is 17.5 Å². The fourth-order valence-corrected chi connectivity index (χ4v) is 2.73. The summed E-state index contributed by atoms with van der Waals surface area (Å²) in [5.74, 6) is 2.60. The summed E-state index contributed by atoms with van der Waals surface area (Å²) >= 11 is 0. The molecule has 0 aliphatic carbocycles. The molecule has 2 aromatic carbocycles. The third kappa shape index (κ3) is 8.99. The van der Waals surface area contributed by atoms with E-state index in [2.05, 4.69) is 29.5 Å². The molecule has 0 aliphatic heterocycles. The summed E-state index contributed by atoms with van der Waals surface area (Å²) in [6.45, 7) is 6.18. The third-order valence-electron chi connectivity index (χ3n) is 4.40. The Hall–Kier alpha value is -2.56. The number of non-ortho nitro benzene ring substituents is 1. The number of hydrogen-bond donors (Lipinski definition) is 2. The molecule has 31 heavy (non-hydrogen) atoms. The molecule has 0 heterocycles. The number of hydrogen-bond acceptors (Lipinski definition) is 5. The summed E-state index contributed by atoms with van der Waals surface area (Å²) in [5.41, 5.74) is 2.11. The molecule has 0 amide bonds. The summed E-state index contributed by atoms with van der Waals surface area (Å²) in [7, 11) is 3.24. The molecule has 0 atom stereocenters. The molecule has 9 heteroatoms. The standard InChI is InChI=1S/C22H30N4O4.HI/c1-16(2)14-24-22(25-15-18-5-8-19(9-6-18)26(27)28)23-12-11-17-7-10-20(29-3)21(13-17)30-4;/h5-10,13,16H,11-12,14-15H2,1-4H3,(H2,23,24,25);1H. The van der Waals surface area contributed by atoms with Crippen molar-refractivity contribution in [3.8, 4) is 11.5 Å². The maximum atomic E-state index is 10.8. The lowest BCUT2D eigenvalue weighted by Gasteiger charge is -2.15. The summed E-state index contributed by atoms with van der Waals surface area (Å²) in [5, 5.41) is 17.5. The van der Waals surface area contributed by atoms with Crippen LogP contribution in [0, 0.1) is 16.0 Å². The average molecular weight is 542 g/mol. The average Bonchev–Trinajstić information content (AvgIpc) is 2.75. The number of ether oxygens (including phenoxy) is 2. The topological polar surface area (TPSA) is 98.0 Å². The van der Waals surface area contributed by atoms with Gasteiger partial charge in [0.2, 0.25) is 0 Å². The summed E-state index contributed by atoms with van der Waals surface area (Å²) in [4.78, 5) is 15.0. The fourth-order valence-electron chi connectivity index (χ4n) is 2.73. The molecule has 0 aliphatic rings. The molecule has 8 nitrogen and oxygen atoms in total. The predicted octanol–water partition coefficient (Wildman–Crippen LogP) is 4.16. The van der Waals surface area contributed by atoms with Crippen molar-refractivity contribution in [1.82, 2.24) is 10.6 Å². The van der Waals surface area contributed by atoms with E-state index in [1.54, 1.807) is 26.4 Å². The third-order valence-corrected chi connectivity index (χ3v) is 4.40. The smallest absolute Gasteiger partial charge is 0.269 e. The van der Waals surface area contributed by atoms with E-state index >= 15 is 0 Å². The van der Waals surface area contributed by atoms with E-state index in [4.69, 9.17) is 9.47 Å². The van der Waals surface area contributed by atoms with E-state index in [1.807, 2.05) is 18.2 Å². The SMILES string of the molecule is COc1ccc(CCNC(=NCc2ccc([N+](=O)[O-])cc2)NCC(C)C)cc1OC.I. The summed E-state index contributed by atoms with van der Waals surface area (Å²) in [6.07, 6.45) is 0.792. The highest BCUT2D eigenvalue weighted by molar-refractivity contribution is 14.0. The van der Waals surface area contributed by atoms with Gasteiger partial charge in [0, 0.05) is 25.2 Å². The number of halogens is 1. The molecule has 0 bridgehead atoms. The van der Waals surface area contributed by atoms with Crippen LogP contribution in [0.1, 0.15) is 25.0 Å². The molecule has 0 saturated heterocycles. The van der Waals surface area contributed by atoms with Gasteiger partial charge in [0.1, 0.15) is 0 Å². The Morgan fingerprint density at radius 3 is 2.26 bits per heavy atom. The van der Waals surface area contributed by atoms with Crippen molar-refractivity contribution in [3.63, 3.8) is 0 Å². The Bertz CT molecular complexity index is 857. The first-order chi connectivity index (χ1) is 14.4. The molecule has 0 fully saturated rings. The molecule has 0 aromatic heterocycles. The number of methoxy groups -OCH3 is 2. The number of benzene rings is 2. The Balaban J connectivity index is 0.00000480. The highest BCUT2D eigenvalue weighted by atomic mass is 127. The van der Waals surface area contributed by atoms with Gasteiger partial charge in [-0.05, 0) is 35.6 Å². The van der Waals surface area contributed by atoms with Crippen LogP contribution >= 0.6 is 24.0 Å². The number of aliphatic imine (C=N–C) groups is 1. The van der Waals surface area contributed by atoms with Gasteiger partial charge in [-0.3, -0.25) is 10.1 Å². The molecular formula is C22H31IN4O4. The van der Waals surface area contributed by atoms with E-state index < -0.39 is 4.92 Å². The maximum Gasteiger partial charge on any atom is 0.269 e. The Labute approximate surface area is 200 Å². The van der Waals surface area contributed by atoms with Crippen LogP contribution in [0.15, 0.2) is 47.5 Å². The number of rotatable bonds is 10. The molecule has 170 valence electrons. The predicted molar refractivity (Wildman–Crippen MR) is 134 cm³/mol. The molecule has 2 N–H and O–H groups in total. The van der Waals surface area contributed by atoms with Gasteiger partial charge >= 0.3 is 0 Å². The quantitative estimate of drug-likeness (QED) is 0.154. The van der Waals surface area contributed by atoms with Gasteiger partial charge in [-0.25, -0.2) is 4.99 Å². The van der Waals surface area contributed by atoms with Crippen molar-refractivity contribution in [2.75, 3.05) is 27.3 Å². The molecular weight excluding hydrogens is 511 g/mol. The Morgan fingerprint density at radius 2 is 1.68 bits per heavy atom. The fraction of sp³-hybridized carbons (Fsp3) is 0.409. The van der Waals surface area contributed by atoms with Crippen LogP contribution < -0.4 is 20.1 Å². The van der Waals surface area contributed by atoms with Crippen LogP contribution in [0.5, 0.6) is 11.5 Å². The molecule has 2 rings (SSSR count). The number of guanidine groups is 1. The van der Waals surface area contributed by atoms with Crippen molar-refractivity contribution < 1.29 is 14.4 Å². The van der Waals surface area contributed by atoms with Gasteiger partial charge in [-0.1, -0.05) is 32.0 Å². The van der Waals surface area contributed by atoms with Crippen LogP contribution in [0.3, 0.4) is 0 Å². The van der Waals surface area contributed by atoms with Crippen molar-refractivity contribution in [3.05, 3.63) is 63.7 Å². The lowest BCUT2D eigenvalue weighted by molar-refractivity contribution is -0.384. The van der Waals surface area contributed by atoms with E-state index in [0.29, 0.717) is 36.5 Å². The zero-order valence-electron chi connectivity index (χ0n) is 18.4. The van der Waals surface area contributed by atoms with E-state index in [1.165, 1.54) is 12.1 Å². The van der Waals surface area contributed by atoms with Crippen molar-refractivity contribution >= 4 is 35.6 Å². The summed E-state index contributed by atoms with van der Waals surface area (Å²) < 4.78 is 10.6. The van der Waals surface area contributed by atoms with E-state index in [0.717, 1.165) is 24.1 Å². The second-order valence-corrected chi connectivity index (χ2v) is 7.23. The Kier molecular flexibility index (Phi) is 11.7. The maximum absolute atomic E-state index is 10.8. The van der Waals surface area contributed by atoms with E-state index in [-0.39, 0.29) is 29.7 Å². The van der Waals surface area contributed by atoms with Gasteiger partial charge in [0.25, 0.3) is 5.69 Å². The van der Waals surface area contributed by atoms with Gasteiger partial charge in [-0.15, -0.1) is 24.0 Å². The van der Waals surface area contributed by atoms with Crippen molar-refractivity contribution in [1.29, 1.82) is 0 Å². The van der Waals surface area contributed by atoms with Gasteiger partial charge < -0.3 is 20.1 Å². The minimum atomic E-state index is -0.404. The van der Waals surface area contributed by atoms with Crippen LogP contribution in [-0.2, 0) is 13.0 Å². The molecule has 2 aromatic rings. The number of nitrogens with one attached hydrogen (secondary N) is 2. The monoisotopic (exact) mass is 542 g/mol. The number of nitrogens with zero attached hydrogens (tertiary/aromatic N) is 2. The second kappa shape index (κ2) is 13.7. The van der Waals surface area contributed by atoms with Gasteiger partial charge in [0.05, 0.1) is 25.7 Å². The Morgan fingerprint density at radius 1 is 1.03 bits per heavy atom. The number of nitro groups is 1. The molecule has 0 unspecified atom stereocenters. The van der Waals surface area contributed by atoms with Crippen LogP contribution in [0.4, 0.5) is 5.69 Å². The molecule has 0 spiro atoms. The first-order valence-electron chi connectivity index (χ1n) is 9.89. The minimum Gasteiger partial charge on any atom is -0.493 e. The first-order valence-corrected chi connectivity index (χ1v) is 9.89. The van der Waals surface area contributed by atoms with E-state index in [9.17, 15) is 10.1 Å². The van der Waals surface area contributed by atoms with Crippen molar-refractivity contribution in [2.45, 2.75) is 26.8 Å². The van der Waals surface area contributed by atoms with Crippen molar-refractivity contribution in [2.24, 2.45) is 10.9 Å². The number of nitro benzene ring substituents is 1. The largest absolute Gasteiger partial charge is 0.493 e. The van der Waals surface area contributed by atoms with Crippen LogP contribution in [0.2, 0.25) is 0 Å². The zero-order chi connectivity index (χ0) is 21.9. The highest BCUT2D eigenvalue weighted by Crippen LogP contribution is 2.27. The summed E-state index contributed by atoms with van der Waals surface area (Å²) in [6, 6.07) is 12.3. The van der Waals surface area contributed by atoms with Crippen LogP contribution in [0.25, 0.3) is 0 Å². The van der Waals surface area contributed by atoms with Gasteiger partial charge in [-0.2, -0.15) is 0 Å². The lowest BCUT2D eigenvalue weighted by atomic mass is 10.1. The molecule has 0 radical (unpaired) electrons. The normalized spacial score (nSPS) is 10.9. The minimum absolute atomic E-state index is 0.